The maximum atomic E-state index is 11.3. The zero-order chi connectivity index (χ0) is 15.7. The molecule has 0 aliphatic carbocycles. The Hall–Kier alpha value is -1.92. The first-order valence-electron chi connectivity index (χ1n) is 7.17. The molecule has 1 fully saturated rings. The summed E-state index contributed by atoms with van der Waals surface area (Å²) in [7, 11) is 0. The third-order valence-corrected chi connectivity index (χ3v) is 4.27. The summed E-state index contributed by atoms with van der Waals surface area (Å²) in [6.45, 7) is 3.41. The maximum Gasteiger partial charge on any atom is 0.247 e. The van der Waals surface area contributed by atoms with Crippen LogP contribution in [0.1, 0.15) is 25.3 Å². The van der Waals surface area contributed by atoms with Gasteiger partial charge in [0.2, 0.25) is 17.7 Å². The summed E-state index contributed by atoms with van der Waals surface area (Å²) < 4.78 is 5.76. The van der Waals surface area contributed by atoms with Gasteiger partial charge in [-0.2, -0.15) is 0 Å². The zero-order valence-electron chi connectivity index (χ0n) is 12.2. The third-order valence-electron chi connectivity index (χ3n) is 4.04. The Kier molecular flexibility index (Phi) is 4.13. The quantitative estimate of drug-likeness (QED) is 0.934. The number of halogens is 1. The van der Waals surface area contributed by atoms with Crippen LogP contribution in [0.3, 0.4) is 0 Å². The fourth-order valence-electron chi connectivity index (χ4n) is 2.67. The van der Waals surface area contributed by atoms with Crippen LogP contribution in [-0.2, 0) is 4.79 Å². The molecule has 6 nitrogen and oxygen atoms in total. The van der Waals surface area contributed by atoms with Crippen LogP contribution in [0.5, 0.6) is 0 Å². The molecule has 22 heavy (non-hydrogen) atoms. The molecule has 0 bridgehead atoms. The molecule has 116 valence electrons. The summed E-state index contributed by atoms with van der Waals surface area (Å²) in [5.41, 5.74) is 6.15. The molecule has 0 radical (unpaired) electrons. The molecule has 0 spiro atoms. The number of amides is 1. The minimum absolute atomic E-state index is 0.0511. The van der Waals surface area contributed by atoms with Crippen molar-refractivity contribution in [3.05, 3.63) is 35.2 Å². The second-order valence-electron chi connectivity index (χ2n) is 5.51. The highest BCUT2D eigenvalue weighted by Gasteiger charge is 2.32. The van der Waals surface area contributed by atoms with Crippen LogP contribution in [0.4, 0.5) is 0 Å². The zero-order valence-corrected chi connectivity index (χ0v) is 13.0. The largest absolute Gasteiger partial charge is 0.419 e. The van der Waals surface area contributed by atoms with Crippen molar-refractivity contribution in [3.63, 3.8) is 0 Å². The van der Waals surface area contributed by atoms with Crippen molar-refractivity contribution < 1.29 is 9.21 Å². The smallest absolute Gasteiger partial charge is 0.247 e. The molecule has 1 aliphatic heterocycles. The van der Waals surface area contributed by atoms with Gasteiger partial charge >= 0.3 is 0 Å². The highest BCUT2D eigenvalue weighted by atomic mass is 35.5. The fraction of sp³-hybridized carbons (Fsp3) is 0.400. The molecule has 1 aliphatic rings. The van der Waals surface area contributed by atoms with E-state index in [1.54, 1.807) is 12.1 Å². The van der Waals surface area contributed by atoms with Crippen molar-refractivity contribution >= 4 is 17.5 Å². The second kappa shape index (κ2) is 6.06. The number of carbonyl (C=O) groups excluding carboxylic acids is 1. The molecular weight excluding hydrogens is 304 g/mol. The minimum atomic E-state index is -0.250. The SMILES string of the molecule is C[C@H](c1nnc(-c2cccc(Cl)c2)o1)N1CC[C@@H](C(N)=O)C1. The van der Waals surface area contributed by atoms with Crippen LogP contribution in [0.25, 0.3) is 11.5 Å². The lowest BCUT2D eigenvalue weighted by Gasteiger charge is -2.20. The third kappa shape index (κ3) is 2.98. The number of nitrogens with two attached hydrogens (primary N) is 1. The van der Waals surface area contributed by atoms with E-state index in [1.807, 2.05) is 19.1 Å². The van der Waals surface area contributed by atoms with Crippen LogP contribution in [0.2, 0.25) is 5.02 Å². The Morgan fingerprint density at radius 2 is 2.32 bits per heavy atom. The first kappa shape index (κ1) is 15.0. The van der Waals surface area contributed by atoms with Crippen molar-refractivity contribution in [2.24, 2.45) is 11.7 Å². The van der Waals surface area contributed by atoms with E-state index in [-0.39, 0.29) is 17.9 Å². The summed E-state index contributed by atoms with van der Waals surface area (Å²) in [5.74, 6) is 0.618. The monoisotopic (exact) mass is 320 g/mol. The van der Waals surface area contributed by atoms with E-state index in [0.717, 1.165) is 18.5 Å². The van der Waals surface area contributed by atoms with E-state index < -0.39 is 0 Å². The Morgan fingerprint density at radius 1 is 1.50 bits per heavy atom. The van der Waals surface area contributed by atoms with Gasteiger partial charge in [-0.25, -0.2) is 0 Å². The molecule has 1 saturated heterocycles. The average Bonchev–Trinajstić information content (AvgIpc) is 3.16. The van der Waals surface area contributed by atoms with E-state index in [2.05, 4.69) is 15.1 Å². The molecule has 2 N–H and O–H groups in total. The van der Waals surface area contributed by atoms with Gasteiger partial charge < -0.3 is 10.2 Å². The normalized spacial score (nSPS) is 20.2. The standard InChI is InChI=1S/C15H17ClN4O2/c1-9(20-6-5-11(8-20)13(17)21)14-18-19-15(22-14)10-3-2-4-12(16)7-10/h2-4,7,9,11H,5-6,8H2,1H3,(H2,17,21)/t9-,11-/m1/s1. The summed E-state index contributed by atoms with van der Waals surface area (Å²) in [6.07, 6.45) is 0.773. The highest BCUT2D eigenvalue weighted by molar-refractivity contribution is 6.30. The molecule has 3 rings (SSSR count). The number of primary amides is 1. The van der Waals surface area contributed by atoms with Crippen LogP contribution in [0, 0.1) is 5.92 Å². The van der Waals surface area contributed by atoms with Crippen molar-refractivity contribution in [3.8, 4) is 11.5 Å². The van der Waals surface area contributed by atoms with Crippen molar-refractivity contribution in [1.29, 1.82) is 0 Å². The number of hydrogen-bond acceptors (Lipinski definition) is 5. The molecule has 2 aromatic rings. The second-order valence-corrected chi connectivity index (χ2v) is 5.95. The van der Waals surface area contributed by atoms with Crippen LogP contribution in [-0.4, -0.2) is 34.1 Å². The highest BCUT2D eigenvalue weighted by Crippen LogP contribution is 2.29. The van der Waals surface area contributed by atoms with Crippen LogP contribution >= 0.6 is 11.6 Å². The summed E-state index contributed by atoms with van der Waals surface area (Å²) in [4.78, 5) is 13.4. The van der Waals surface area contributed by atoms with E-state index in [9.17, 15) is 4.79 Å². The van der Waals surface area contributed by atoms with E-state index in [0.29, 0.717) is 23.3 Å². The first-order valence-corrected chi connectivity index (χ1v) is 7.55. The molecule has 0 saturated carbocycles. The van der Waals surface area contributed by atoms with Crippen molar-refractivity contribution in [2.75, 3.05) is 13.1 Å². The topological polar surface area (TPSA) is 85.2 Å². The van der Waals surface area contributed by atoms with Gasteiger partial charge in [-0.05, 0) is 38.1 Å². The van der Waals surface area contributed by atoms with E-state index >= 15 is 0 Å². The van der Waals surface area contributed by atoms with Gasteiger partial charge in [0.05, 0.1) is 12.0 Å². The van der Waals surface area contributed by atoms with E-state index in [1.165, 1.54) is 0 Å². The molecule has 7 heteroatoms. The van der Waals surface area contributed by atoms with Gasteiger partial charge in [0.25, 0.3) is 0 Å². The number of likely N-dealkylation sites (tertiary alicyclic amines) is 1. The van der Waals surface area contributed by atoms with Crippen molar-refractivity contribution in [2.45, 2.75) is 19.4 Å². The maximum absolute atomic E-state index is 11.3. The lowest BCUT2D eigenvalue weighted by atomic mass is 10.1. The van der Waals surface area contributed by atoms with Gasteiger partial charge in [-0.1, -0.05) is 17.7 Å². The predicted octanol–water partition coefficient (Wildman–Crippen LogP) is 2.26. The molecular formula is C15H17ClN4O2. The summed E-state index contributed by atoms with van der Waals surface area (Å²) >= 11 is 5.97. The van der Waals surface area contributed by atoms with Crippen LogP contribution in [0.15, 0.2) is 28.7 Å². The van der Waals surface area contributed by atoms with Crippen molar-refractivity contribution in [1.82, 2.24) is 15.1 Å². The number of hydrogen-bond donors (Lipinski definition) is 1. The Labute approximate surface area is 133 Å². The fourth-order valence-corrected chi connectivity index (χ4v) is 2.86. The molecule has 1 aromatic carbocycles. The minimum Gasteiger partial charge on any atom is -0.419 e. The molecule has 2 atom stereocenters. The average molecular weight is 321 g/mol. The number of nitrogens with zero attached hydrogens (tertiary/aromatic N) is 3. The molecule has 0 unspecified atom stereocenters. The van der Waals surface area contributed by atoms with Gasteiger partial charge in [0.1, 0.15) is 0 Å². The van der Waals surface area contributed by atoms with Gasteiger partial charge in [0.15, 0.2) is 0 Å². The number of aromatic nitrogens is 2. The Balaban J connectivity index is 1.75. The first-order chi connectivity index (χ1) is 10.5. The lowest BCUT2D eigenvalue weighted by molar-refractivity contribution is -0.121. The Bertz CT molecular complexity index is 688. The Morgan fingerprint density at radius 3 is 3.00 bits per heavy atom. The molecule has 2 heterocycles. The number of carbonyl (C=O) groups is 1. The molecule has 1 aromatic heterocycles. The summed E-state index contributed by atoms with van der Waals surface area (Å²) in [5, 5.41) is 8.82. The van der Waals surface area contributed by atoms with Crippen LogP contribution < -0.4 is 5.73 Å². The molecule has 1 amide bonds. The predicted molar refractivity (Wildman–Crippen MR) is 82.0 cm³/mol. The number of benzene rings is 1. The van der Waals surface area contributed by atoms with Gasteiger partial charge in [0, 0.05) is 17.1 Å². The van der Waals surface area contributed by atoms with Gasteiger partial charge in [-0.15, -0.1) is 10.2 Å². The van der Waals surface area contributed by atoms with Gasteiger partial charge in [-0.3, -0.25) is 9.69 Å². The summed E-state index contributed by atoms with van der Waals surface area (Å²) in [6, 6.07) is 7.22. The lowest BCUT2D eigenvalue weighted by Crippen LogP contribution is -2.29. The van der Waals surface area contributed by atoms with E-state index in [4.69, 9.17) is 21.8 Å². The number of rotatable bonds is 4.